The van der Waals surface area contributed by atoms with Crippen LogP contribution in [0.1, 0.15) is 5.56 Å². The van der Waals surface area contributed by atoms with Crippen molar-refractivity contribution in [1.29, 1.82) is 0 Å². The summed E-state index contributed by atoms with van der Waals surface area (Å²) in [5.74, 6) is 0. The van der Waals surface area contributed by atoms with Gasteiger partial charge in [-0.3, -0.25) is 0 Å². The predicted octanol–water partition coefficient (Wildman–Crippen LogP) is 1.37. The van der Waals surface area contributed by atoms with Crippen LogP contribution in [-0.2, 0) is 21.2 Å². The van der Waals surface area contributed by atoms with E-state index < -0.39 is 10.0 Å². The Morgan fingerprint density at radius 1 is 1.40 bits per heavy atom. The number of aromatic nitrogens is 1. The van der Waals surface area contributed by atoms with Gasteiger partial charge < -0.3 is 9.72 Å². The van der Waals surface area contributed by atoms with Crippen LogP contribution in [0.2, 0.25) is 0 Å². The molecule has 0 amide bonds. The van der Waals surface area contributed by atoms with Gasteiger partial charge in [-0.15, -0.1) is 0 Å². The second-order valence-electron chi connectivity index (χ2n) is 5.17. The first-order chi connectivity index (χ1) is 9.55. The summed E-state index contributed by atoms with van der Waals surface area (Å²) in [5, 5.41) is 1.14. The molecule has 3 rings (SSSR count). The molecular formula is C14H18N2O3S. The van der Waals surface area contributed by atoms with Gasteiger partial charge in [0.1, 0.15) is 0 Å². The first-order valence-electron chi connectivity index (χ1n) is 6.65. The Bertz CT molecular complexity index is 708. The lowest BCUT2D eigenvalue weighted by atomic mass is 10.0. The van der Waals surface area contributed by atoms with E-state index in [0.29, 0.717) is 26.2 Å². The van der Waals surface area contributed by atoms with Gasteiger partial charge in [0.15, 0.2) is 0 Å². The largest absolute Gasteiger partial charge is 0.378 e. The number of aromatic amines is 1. The summed E-state index contributed by atoms with van der Waals surface area (Å²) >= 11 is 0. The number of morpholine rings is 1. The molecule has 1 aromatic carbocycles. The molecule has 1 atom stereocenters. The lowest BCUT2D eigenvalue weighted by molar-refractivity contribution is 0.0333. The lowest BCUT2D eigenvalue weighted by Crippen LogP contribution is -2.49. The third-order valence-corrected chi connectivity index (χ3v) is 5.06. The molecule has 108 valence electrons. The molecule has 1 unspecified atom stereocenters. The minimum Gasteiger partial charge on any atom is -0.378 e. The van der Waals surface area contributed by atoms with Gasteiger partial charge in [0.05, 0.1) is 25.5 Å². The average molecular weight is 294 g/mol. The Morgan fingerprint density at radius 3 is 3.00 bits per heavy atom. The molecule has 1 saturated heterocycles. The van der Waals surface area contributed by atoms with Crippen molar-refractivity contribution in [2.45, 2.75) is 12.5 Å². The fourth-order valence-corrected chi connectivity index (χ4v) is 3.87. The molecule has 6 heteroatoms. The first kappa shape index (κ1) is 13.6. The van der Waals surface area contributed by atoms with Crippen molar-refractivity contribution in [2.24, 2.45) is 0 Å². The topological polar surface area (TPSA) is 62.4 Å². The maximum Gasteiger partial charge on any atom is 0.211 e. The smallest absolute Gasteiger partial charge is 0.211 e. The summed E-state index contributed by atoms with van der Waals surface area (Å²) in [6.07, 6.45) is 3.89. The van der Waals surface area contributed by atoms with Crippen LogP contribution in [-0.4, -0.2) is 49.8 Å². The number of fused-ring (bicyclic) bond motifs is 1. The fraction of sp³-hybridized carbons (Fsp3) is 0.429. The highest BCUT2D eigenvalue weighted by atomic mass is 32.2. The Labute approximate surface area is 118 Å². The van der Waals surface area contributed by atoms with E-state index in [2.05, 4.69) is 11.1 Å². The fourth-order valence-electron chi connectivity index (χ4n) is 2.79. The summed E-state index contributed by atoms with van der Waals surface area (Å²) in [6.45, 7) is 1.36. The molecule has 1 aliphatic rings. The molecule has 1 aliphatic heterocycles. The predicted molar refractivity (Wildman–Crippen MR) is 78.2 cm³/mol. The molecule has 1 N–H and O–H groups in total. The zero-order chi connectivity index (χ0) is 14.2. The number of para-hydroxylation sites is 1. The number of H-pyrrole nitrogens is 1. The number of benzene rings is 1. The van der Waals surface area contributed by atoms with Crippen molar-refractivity contribution in [2.75, 3.05) is 26.0 Å². The van der Waals surface area contributed by atoms with Gasteiger partial charge in [-0.1, -0.05) is 18.2 Å². The molecular weight excluding hydrogens is 276 g/mol. The third-order valence-electron chi connectivity index (χ3n) is 3.73. The Kier molecular flexibility index (Phi) is 3.54. The molecule has 0 spiro atoms. The SMILES string of the molecule is CS(=O)(=O)N1CCOCC1Cc1c[nH]c2ccccc12. The highest BCUT2D eigenvalue weighted by molar-refractivity contribution is 7.88. The summed E-state index contributed by atoms with van der Waals surface area (Å²) in [4.78, 5) is 3.22. The zero-order valence-corrected chi connectivity index (χ0v) is 12.2. The number of rotatable bonds is 3. The average Bonchev–Trinajstić information content (AvgIpc) is 2.82. The van der Waals surface area contributed by atoms with Crippen LogP contribution < -0.4 is 0 Å². The van der Waals surface area contributed by atoms with Crippen molar-refractivity contribution < 1.29 is 13.2 Å². The lowest BCUT2D eigenvalue weighted by Gasteiger charge is -2.33. The standard InChI is InChI=1S/C14H18N2O3S/c1-20(17,18)16-6-7-19-10-12(16)8-11-9-15-14-5-3-2-4-13(11)14/h2-5,9,12,15H,6-8,10H2,1H3. The minimum atomic E-state index is -3.19. The van der Waals surface area contributed by atoms with Gasteiger partial charge in [-0.25, -0.2) is 8.42 Å². The van der Waals surface area contributed by atoms with Crippen molar-refractivity contribution in [3.8, 4) is 0 Å². The number of nitrogens with one attached hydrogen (secondary N) is 1. The second kappa shape index (κ2) is 5.20. The van der Waals surface area contributed by atoms with E-state index in [0.717, 1.165) is 16.5 Å². The number of hydrogen-bond acceptors (Lipinski definition) is 3. The molecule has 2 aromatic rings. The van der Waals surface area contributed by atoms with Crippen molar-refractivity contribution in [3.63, 3.8) is 0 Å². The van der Waals surface area contributed by atoms with Crippen molar-refractivity contribution in [3.05, 3.63) is 36.0 Å². The maximum atomic E-state index is 11.9. The molecule has 0 saturated carbocycles. The Hall–Kier alpha value is -1.37. The number of ether oxygens (including phenoxy) is 1. The molecule has 5 nitrogen and oxygen atoms in total. The van der Waals surface area contributed by atoms with Gasteiger partial charge in [-0.2, -0.15) is 4.31 Å². The summed E-state index contributed by atoms with van der Waals surface area (Å²) in [5.41, 5.74) is 2.20. The van der Waals surface area contributed by atoms with Gasteiger partial charge in [0.25, 0.3) is 0 Å². The van der Waals surface area contributed by atoms with Crippen LogP contribution in [0.5, 0.6) is 0 Å². The summed E-state index contributed by atoms with van der Waals surface area (Å²) < 4.78 is 30.7. The highest BCUT2D eigenvalue weighted by Gasteiger charge is 2.30. The molecule has 0 aliphatic carbocycles. The molecule has 0 radical (unpaired) electrons. The first-order valence-corrected chi connectivity index (χ1v) is 8.50. The Balaban J connectivity index is 1.89. The van der Waals surface area contributed by atoms with Crippen LogP contribution in [0.4, 0.5) is 0 Å². The third kappa shape index (κ3) is 2.59. The van der Waals surface area contributed by atoms with E-state index in [1.54, 1.807) is 4.31 Å². The number of sulfonamides is 1. The van der Waals surface area contributed by atoms with E-state index in [1.807, 2.05) is 24.4 Å². The number of nitrogens with zero attached hydrogens (tertiary/aromatic N) is 1. The van der Waals surface area contributed by atoms with Crippen molar-refractivity contribution in [1.82, 2.24) is 9.29 Å². The summed E-state index contributed by atoms with van der Waals surface area (Å²) in [7, 11) is -3.19. The monoisotopic (exact) mass is 294 g/mol. The van der Waals surface area contributed by atoms with Crippen LogP contribution in [0, 0.1) is 0 Å². The van der Waals surface area contributed by atoms with E-state index in [-0.39, 0.29) is 6.04 Å². The van der Waals surface area contributed by atoms with E-state index >= 15 is 0 Å². The molecule has 1 aromatic heterocycles. The second-order valence-corrected chi connectivity index (χ2v) is 7.10. The zero-order valence-electron chi connectivity index (χ0n) is 11.4. The van der Waals surface area contributed by atoms with Gasteiger partial charge >= 0.3 is 0 Å². The maximum absolute atomic E-state index is 11.9. The van der Waals surface area contributed by atoms with E-state index in [1.165, 1.54) is 6.26 Å². The normalized spacial score (nSPS) is 21.4. The van der Waals surface area contributed by atoms with Gasteiger partial charge in [0.2, 0.25) is 10.0 Å². The summed E-state index contributed by atoms with van der Waals surface area (Å²) in [6, 6.07) is 7.92. The molecule has 20 heavy (non-hydrogen) atoms. The van der Waals surface area contributed by atoms with Crippen LogP contribution in [0.15, 0.2) is 30.5 Å². The van der Waals surface area contributed by atoms with E-state index in [4.69, 9.17) is 4.74 Å². The van der Waals surface area contributed by atoms with Crippen LogP contribution >= 0.6 is 0 Å². The van der Waals surface area contributed by atoms with Crippen molar-refractivity contribution >= 4 is 20.9 Å². The van der Waals surface area contributed by atoms with Crippen LogP contribution in [0.25, 0.3) is 10.9 Å². The van der Waals surface area contributed by atoms with Gasteiger partial charge in [-0.05, 0) is 18.1 Å². The van der Waals surface area contributed by atoms with Gasteiger partial charge in [0, 0.05) is 23.6 Å². The highest BCUT2D eigenvalue weighted by Crippen LogP contribution is 2.22. The molecule has 1 fully saturated rings. The number of hydrogen-bond donors (Lipinski definition) is 1. The quantitative estimate of drug-likeness (QED) is 0.930. The minimum absolute atomic E-state index is 0.127. The van der Waals surface area contributed by atoms with Crippen LogP contribution in [0.3, 0.4) is 0 Å². The Morgan fingerprint density at radius 2 is 2.20 bits per heavy atom. The van der Waals surface area contributed by atoms with E-state index in [9.17, 15) is 8.42 Å². The molecule has 2 heterocycles. The molecule has 0 bridgehead atoms.